The van der Waals surface area contributed by atoms with Crippen LogP contribution in [0.15, 0.2) is 23.8 Å². The number of aliphatic hydroxyl groups excluding tert-OH is 1. The van der Waals surface area contributed by atoms with Crippen molar-refractivity contribution in [2.45, 2.75) is 32.3 Å². The van der Waals surface area contributed by atoms with E-state index in [1.54, 1.807) is 0 Å². The smallest absolute Gasteiger partial charge is 0.237 e. The van der Waals surface area contributed by atoms with Crippen molar-refractivity contribution >= 4 is 11.8 Å². The summed E-state index contributed by atoms with van der Waals surface area (Å²) in [5.41, 5.74) is 1.37. The second-order valence-corrected chi connectivity index (χ2v) is 5.04. The van der Waals surface area contributed by atoms with E-state index in [1.807, 2.05) is 13.0 Å². The maximum absolute atomic E-state index is 12.0. The van der Waals surface area contributed by atoms with Crippen LogP contribution in [0.4, 0.5) is 0 Å². The van der Waals surface area contributed by atoms with Crippen LogP contribution in [0.3, 0.4) is 0 Å². The van der Waals surface area contributed by atoms with Crippen LogP contribution in [-0.2, 0) is 9.59 Å². The summed E-state index contributed by atoms with van der Waals surface area (Å²) < 4.78 is 0. The molecule has 3 unspecified atom stereocenters. The lowest BCUT2D eigenvalue weighted by atomic mass is 9.76. The fraction of sp³-hybridized carbons (Fsp3) is 0.571. The molecule has 0 radical (unpaired) electrons. The summed E-state index contributed by atoms with van der Waals surface area (Å²) >= 11 is 0. The lowest BCUT2D eigenvalue weighted by Gasteiger charge is -2.27. The zero-order chi connectivity index (χ0) is 13.4. The first-order valence-corrected chi connectivity index (χ1v) is 6.37. The van der Waals surface area contributed by atoms with Crippen molar-refractivity contribution in [1.29, 1.82) is 0 Å². The number of rotatable bonds is 3. The van der Waals surface area contributed by atoms with Crippen LogP contribution in [0, 0.1) is 11.8 Å². The second-order valence-electron chi connectivity index (χ2n) is 5.04. The number of carbonyl (C=O) groups is 2. The van der Waals surface area contributed by atoms with Gasteiger partial charge in [0.05, 0.1) is 17.9 Å². The largest absolute Gasteiger partial charge is 0.388 e. The number of hydrogen-bond donors (Lipinski definition) is 1. The summed E-state index contributed by atoms with van der Waals surface area (Å²) in [6.07, 6.45) is 3.34. The van der Waals surface area contributed by atoms with Gasteiger partial charge in [-0.15, -0.1) is 0 Å². The Morgan fingerprint density at radius 1 is 1.50 bits per heavy atom. The van der Waals surface area contributed by atoms with Crippen LogP contribution in [0.2, 0.25) is 0 Å². The number of nitrogens with zero attached hydrogens (tertiary/aromatic N) is 1. The Balaban J connectivity index is 2.27. The molecule has 1 aliphatic carbocycles. The third kappa shape index (κ3) is 1.81. The Morgan fingerprint density at radius 2 is 2.17 bits per heavy atom. The average Bonchev–Trinajstić information content (AvgIpc) is 2.56. The molecule has 0 aromatic carbocycles. The van der Waals surface area contributed by atoms with Gasteiger partial charge in [-0.25, -0.2) is 0 Å². The molecule has 0 aromatic rings. The van der Waals surface area contributed by atoms with Gasteiger partial charge in [0.15, 0.2) is 0 Å². The molecule has 4 heteroatoms. The van der Waals surface area contributed by atoms with Crippen LogP contribution < -0.4 is 0 Å². The Labute approximate surface area is 107 Å². The van der Waals surface area contributed by atoms with Crippen molar-refractivity contribution in [3.8, 4) is 0 Å². The molecule has 3 atom stereocenters. The highest BCUT2D eigenvalue weighted by Crippen LogP contribution is 2.41. The molecule has 1 N–H and O–H groups in total. The zero-order valence-electron chi connectivity index (χ0n) is 10.8. The van der Waals surface area contributed by atoms with E-state index in [2.05, 4.69) is 6.58 Å². The van der Waals surface area contributed by atoms with E-state index in [0.29, 0.717) is 18.4 Å². The van der Waals surface area contributed by atoms with Crippen molar-refractivity contribution in [3.63, 3.8) is 0 Å². The number of imide groups is 1. The highest BCUT2D eigenvalue weighted by Gasteiger charge is 2.49. The van der Waals surface area contributed by atoms with Crippen molar-refractivity contribution in [2.24, 2.45) is 11.8 Å². The maximum Gasteiger partial charge on any atom is 0.237 e. The maximum atomic E-state index is 12.0. The van der Waals surface area contributed by atoms with Gasteiger partial charge in [0.2, 0.25) is 11.8 Å². The topological polar surface area (TPSA) is 57.6 Å². The number of allylic oxidation sites excluding steroid dienone is 1. The van der Waals surface area contributed by atoms with Gasteiger partial charge in [-0.2, -0.15) is 0 Å². The third-order valence-electron chi connectivity index (χ3n) is 3.91. The molecule has 0 aromatic heterocycles. The average molecular weight is 249 g/mol. The molecule has 4 nitrogen and oxygen atoms in total. The lowest BCUT2D eigenvalue weighted by molar-refractivity contribution is -0.137. The summed E-state index contributed by atoms with van der Waals surface area (Å²) in [5, 5.41) is 10.0. The Bertz CT molecular complexity index is 438. The quantitative estimate of drug-likeness (QED) is 0.766. The second kappa shape index (κ2) is 4.69. The fourth-order valence-corrected chi connectivity index (χ4v) is 2.85. The minimum Gasteiger partial charge on any atom is -0.388 e. The van der Waals surface area contributed by atoms with E-state index in [4.69, 9.17) is 0 Å². The molecule has 1 saturated heterocycles. The number of hydrogen-bond acceptors (Lipinski definition) is 3. The molecule has 1 heterocycles. The molecule has 1 fully saturated rings. The van der Waals surface area contributed by atoms with Crippen LogP contribution in [0.5, 0.6) is 0 Å². The highest BCUT2D eigenvalue weighted by molar-refractivity contribution is 6.07. The first-order chi connectivity index (χ1) is 8.49. The monoisotopic (exact) mass is 249 g/mol. The van der Waals surface area contributed by atoms with E-state index in [1.165, 1.54) is 11.9 Å². The van der Waals surface area contributed by atoms with Crippen LogP contribution in [0.1, 0.15) is 26.2 Å². The summed E-state index contributed by atoms with van der Waals surface area (Å²) in [6.45, 7) is 5.93. The summed E-state index contributed by atoms with van der Waals surface area (Å²) in [4.78, 5) is 25.1. The van der Waals surface area contributed by atoms with Crippen molar-refractivity contribution < 1.29 is 14.7 Å². The lowest BCUT2D eigenvalue weighted by Crippen LogP contribution is -2.28. The van der Waals surface area contributed by atoms with Crippen molar-refractivity contribution in [2.75, 3.05) is 7.05 Å². The van der Waals surface area contributed by atoms with Crippen molar-refractivity contribution in [3.05, 3.63) is 23.8 Å². The molecule has 2 rings (SSSR count). The number of fused-ring (bicyclic) bond motifs is 1. The molecule has 2 amide bonds. The van der Waals surface area contributed by atoms with Crippen molar-refractivity contribution in [1.82, 2.24) is 4.90 Å². The molecular formula is C14H19NO3. The Morgan fingerprint density at radius 3 is 2.78 bits per heavy atom. The molecule has 0 bridgehead atoms. The number of aliphatic hydroxyl groups is 1. The molecule has 1 aliphatic heterocycles. The van der Waals surface area contributed by atoms with Crippen LogP contribution in [-0.4, -0.2) is 35.0 Å². The van der Waals surface area contributed by atoms with Gasteiger partial charge in [0.25, 0.3) is 0 Å². The number of amides is 2. The van der Waals surface area contributed by atoms with Gasteiger partial charge in [0.1, 0.15) is 0 Å². The summed E-state index contributed by atoms with van der Waals surface area (Å²) in [6, 6.07) is 0. The number of carbonyl (C=O) groups excluding carboxylic acids is 2. The first kappa shape index (κ1) is 13.0. The Kier molecular flexibility index (Phi) is 3.39. The highest BCUT2D eigenvalue weighted by atomic mass is 16.3. The predicted octanol–water partition coefficient (Wildman–Crippen LogP) is 1.26. The number of likely N-dealkylation sites (tertiary alicyclic amines) is 1. The minimum atomic E-state index is -0.572. The SMILES string of the molecule is C=C1C(C(O)CCC)=CCC2C(=O)N(C)C(=O)C12. The molecule has 98 valence electrons. The van der Waals surface area contributed by atoms with Gasteiger partial charge >= 0.3 is 0 Å². The van der Waals surface area contributed by atoms with Gasteiger partial charge < -0.3 is 5.11 Å². The van der Waals surface area contributed by atoms with E-state index in [9.17, 15) is 14.7 Å². The van der Waals surface area contributed by atoms with Gasteiger partial charge in [0, 0.05) is 7.05 Å². The zero-order valence-corrected chi connectivity index (χ0v) is 10.8. The standard InChI is InChI=1S/C14H19NO3/c1-4-5-11(16)9-6-7-10-12(8(9)2)14(18)15(3)13(10)17/h6,10-12,16H,2,4-5,7H2,1,3H3. The molecule has 0 saturated carbocycles. The summed E-state index contributed by atoms with van der Waals surface area (Å²) in [7, 11) is 1.51. The Hall–Kier alpha value is -1.42. The third-order valence-corrected chi connectivity index (χ3v) is 3.91. The molecular weight excluding hydrogens is 230 g/mol. The van der Waals surface area contributed by atoms with Gasteiger partial charge in [-0.3, -0.25) is 14.5 Å². The summed E-state index contributed by atoms with van der Waals surface area (Å²) in [5.74, 6) is -1.10. The van der Waals surface area contributed by atoms with Gasteiger partial charge in [-0.05, 0) is 24.0 Å². The molecule has 18 heavy (non-hydrogen) atoms. The molecule has 0 spiro atoms. The van der Waals surface area contributed by atoms with Gasteiger partial charge in [-0.1, -0.05) is 26.0 Å². The van der Waals surface area contributed by atoms with E-state index in [0.717, 1.165) is 12.0 Å². The fourth-order valence-electron chi connectivity index (χ4n) is 2.85. The van der Waals surface area contributed by atoms with E-state index in [-0.39, 0.29) is 17.7 Å². The minimum absolute atomic E-state index is 0.133. The van der Waals surface area contributed by atoms with E-state index >= 15 is 0 Å². The normalized spacial score (nSPS) is 29.4. The first-order valence-electron chi connectivity index (χ1n) is 6.37. The van der Waals surface area contributed by atoms with Crippen LogP contribution >= 0.6 is 0 Å². The molecule has 2 aliphatic rings. The van der Waals surface area contributed by atoms with E-state index < -0.39 is 12.0 Å². The van der Waals surface area contributed by atoms with Crippen LogP contribution in [0.25, 0.3) is 0 Å². The predicted molar refractivity (Wildman–Crippen MR) is 67.5 cm³/mol.